The molecule has 0 aromatic rings. The number of ether oxygens (including phenoxy) is 2. The molecule has 0 aliphatic heterocycles. The Hall–Kier alpha value is -1.46. The molecule has 0 fully saturated rings. The maximum absolute atomic E-state index is 10.3. The molecule has 2 unspecified atom stereocenters. The molecule has 4 N–H and O–H groups in total. The topological polar surface area (TPSA) is 105 Å². The normalized spacial score (nSPS) is 14.3. The Balaban J connectivity index is 3.70. The molecular weight excluding hydrogens is 176 g/mol. The molecule has 6 nitrogen and oxygen atoms in total. The summed E-state index contributed by atoms with van der Waals surface area (Å²) >= 11 is 0. The van der Waals surface area contributed by atoms with Gasteiger partial charge < -0.3 is 20.9 Å². The third kappa shape index (κ3) is 6.92. The second-order valence-corrected chi connectivity index (χ2v) is 2.73. The van der Waals surface area contributed by atoms with E-state index in [1.165, 1.54) is 0 Å². The van der Waals surface area contributed by atoms with Crippen molar-refractivity contribution in [1.29, 1.82) is 0 Å². The van der Waals surface area contributed by atoms with Crippen molar-refractivity contribution in [3.05, 3.63) is 0 Å². The highest BCUT2D eigenvalue weighted by atomic mass is 16.6. The van der Waals surface area contributed by atoms with Gasteiger partial charge >= 0.3 is 12.2 Å². The minimum absolute atomic E-state index is 0.367. The van der Waals surface area contributed by atoms with Gasteiger partial charge in [0.25, 0.3) is 0 Å². The van der Waals surface area contributed by atoms with Crippen LogP contribution in [0.2, 0.25) is 0 Å². The van der Waals surface area contributed by atoms with Crippen LogP contribution in [0.25, 0.3) is 0 Å². The summed E-state index contributed by atoms with van der Waals surface area (Å²) in [7, 11) is 0. The third-order valence-electron chi connectivity index (χ3n) is 1.30. The molecule has 2 amide bonds. The lowest BCUT2D eigenvalue weighted by Crippen LogP contribution is -2.27. The molecule has 6 heteroatoms. The van der Waals surface area contributed by atoms with Crippen LogP contribution in [0.3, 0.4) is 0 Å². The van der Waals surface area contributed by atoms with Crippen molar-refractivity contribution in [2.24, 2.45) is 11.5 Å². The fraction of sp³-hybridized carbons (Fsp3) is 0.714. The van der Waals surface area contributed by atoms with E-state index in [2.05, 4.69) is 9.47 Å². The van der Waals surface area contributed by atoms with E-state index >= 15 is 0 Å². The number of primary amides is 2. The van der Waals surface area contributed by atoms with Crippen molar-refractivity contribution in [2.75, 3.05) is 0 Å². The Labute approximate surface area is 76.2 Å². The lowest BCUT2D eigenvalue weighted by Gasteiger charge is -2.16. The van der Waals surface area contributed by atoms with E-state index in [4.69, 9.17) is 11.5 Å². The number of amides is 2. The second kappa shape index (κ2) is 5.23. The molecule has 76 valence electrons. The summed E-state index contributed by atoms with van der Waals surface area (Å²) in [6.45, 7) is 3.29. The molecule has 0 bridgehead atoms. The number of rotatable bonds is 4. The van der Waals surface area contributed by atoms with E-state index < -0.39 is 24.4 Å². The van der Waals surface area contributed by atoms with E-state index in [0.717, 1.165) is 0 Å². The zero-order chi connectivity index (χ0) is 10.4. The van der Waals surface area contributed by atoms with E-state index in [9.17, 15) is 9.59 Å². The van der Waals surface area contributed by atoms with Gasteiger partial charge in [-0.2, -0.15) is 0 Å². The molecule has 0 rings (SSSR count). The Bertz CT molecular complexity index is 175. The lowest BCUT2D eigenvalue weighted by molar-refractivity contribution is 0.0604. The summed E-state index contributed by atoms with van der Waals surface area (Å²) in [6, 6.07) is 0. The first-order chi connectivity index (χ1) is 5.91. The van der Waals surface area contributed by atoms with Crippen molar-refractivity contribution in [3.8, 4) is 0 Å². The Morgan fingerprint density at radius 1 is 1.08 bits per heavy atom. The predicted octanol–water partition coefficient (Wildman–Crippen LogP) is 0.344. The van der Waals surface area contributed by atoms with E-state index in [1.54, 1.807) is 13.8 Å². The predicted molar refractivity (Wildman–Crippen MR) is 44.9 cm³/mol. The van der Waals surface area contributed by atoms with Crippen molar-refractivity contribution in [3.63, 3.8) is 0 Å². The minimum atomic E-state index is -0.848. The van der Waals surface area contributed by atoms with Crippen molar-refractivity contribution >= 4 is 12.2 Å². The average molecular weight is 190 g/mol. The summed E-state index contributed by atoms with van der Waals surface area (Å²) in [6.07, 6.45) is -2.12. The molecule has 0 saturated heterocycles. The minimum Gasteiger partial charge on any atom is -0.447 e. The van der Waals surface area contributed by atoms with Gasteiger partial charge in [-0.05, 0) is 13.8 Å². The quantitative estimate of drug-likeness (QED) is 0.666. The number of carbonyl (C=O) groups excluding carboxylic acids is 2. The van der Waals surface area contributed by atoms with E-state index in [-0.39, 0.29) is 0 Å². The Morgan fingerprint density at radius 2 is 1.38 bits per heavy atom. The van der Waals surface area contributed by atoms with Crippen LogP contribution >= 0.6 is 0 Å². The van der Waals surface area contributed by atoms with Crippen LogP contribution in [0.5, 0.6) is 0 Å². The summed E-state index contributed by atoms with van der Waals surface area (Å²) in [5.74, 6) is 0. The first-order valence-electron chi connectivity index (χ1n) is 3.84. The first-order valence-corrected chi connectivity index (χ1v) is 3.84. The molecule has 0 spiro atoms. The van der Waals surface area contributed by atoms with Crippen LogP contribution in [0.15, 0.2) is 0 Å². The van der Waals surface area contributed by atoms with E-state index in [1.807, 2.05) is 0 Å². The summed E-state index contributed by atoms with van der Waals surface area (Å²) in [4.78, 5) is 20.6. The highest BCUT2D eigenvalue weighted by molar-refractivity contribution is 5.65. The fourth-order valence-corrected chi connectivity index (χ4v) is 0.960. The third-order valence-corrected chi connectivity index (χ3v) is 1.30. The standard InChI is InChI=1S/C7H14N2O4/c1-4(12-6(8)10)3-5(2)13-7(9)11/h4-5H,3H2,1-2H3,(H2,8,10)(H2,9,11). The number of hydrogen-bond acceptors (Lipinski definition) is 4. The van der Waals surface area contributed by atoms with E-state index in [0.29, 0.717) is 6.42 Å². The van der Waals surface area contributed by atoms with Gasteiger partial charge in [-0.3, -0.25) is 0 Å². The summed E-state index contributed by atoms with van der Waals surface area (Å²) < 4.78 is 9.22. The van der Waals surface area contributed by atoms with Crippen LogP contribution < -0.4 is 11.5 Å². The fourth-order valence-electron chi connectivity index (χ4n) is 0.960. The number of nitrogens with two attached hydrogens (primary N) is 2. The molecule has 0 aromatic heterocycles. The van der Waals surface area contributed by atoms with Gasteiger partial charge in [0.15, 0.2) is 0 Å². The molecule has 2 atom stereocenters. The monoisotopic (exact) mass is 190 g/mol. The van der Waals surface area contributed by atoms with Crippen molar-refractivity contribution in [2.45, 2.75) is 32.5 Å². The molecule has 0 aromatic carbocycles. The van der Waals surface area contributed by atoms with Crippen LogP contribution in [-0.4, -0.2) is 24.4 Å². The molecule has 0 aliphatic rings. The molecule has 0 radical (unpaired) electrons. The highest BCUT2D eigenvalue weighted by Gasteiger charge is 2.13. The van der Waals surface area contributed by atoms with Crippen LogP contribution in [0.1, 0.15) is 20.3 Å². The second-order valence-electron chi connectivity index (χ2n) is 2.73. The van der Waals surface area contributed by atoms with Gasteiger partial charge in [0, 0.05) is 6.42 Å². The van der Waals surface area contributed by atoms with Gasteiger partial charge in [0.2, 0.25) is 0 Å². The SMILES string of the molecule is CC(CC(C)OC(N)=O)OC(N)=O. The van der Waals surface area contributed by atoms with Crippen LogP contribution in [0, 0.1) is 0 Å². The molecular formula is C7H14N2O4. The van der Waals surface area contributed by atoms with Gasteiger partial charge in [0.1, 0.15) is 12.2 Å². The van der Waals surface area contributed by atoms with Crippen molar-refractivity contribution in [1.82, 2.24) is 0 Å². The summed E-state index contributed by atoms with van der Waals surface area (Å²) in [5.41, 5.74) is 9.55. The smallest absolute Gasteiger partial charge is 0.404 e. The molecule has 13 heavy (non-hydrogen) atoms. The van der Waals surface area contributed by atoms with Crippen molar-refractivity contribution < 1.29 is 19.1 Å². The van der Waals surface area contributed by atoms with Gasteiger partial charge in [-0.15, -0.1) is 0 Å². The number of hydrogen-bond donors (Lipinski definition) is 2. The zero-order valence-electron chi connectivity index (χ0n) is 7.65. The maximum atomic E-state index is 10.3. The Kier molecular flexibility index (Phi) is 4.64. The molecule has 0 saturated carbocycles. The van der Waals surface area contributed by atoms with Crippen LogP contribution in [-0.2, 0) is 9.47 Å². The molecule has 0 aliphatic carbocycles. The maximum Gasteiger partial charge on any atom is 0.404 e. The van der Waals surface area contributed by atoms with Gasteiger partial charge in [-0.1, -0.05) is 0 Å². The van der Waals surface area contributed by atoms with Gasteiger partial charge in [0.05, 0.1) is 0 Å². The van der Waals surface area contributed by atoms with Crippen LogP contribution in [0.4, 0.5) is 9.59 Å². The highest BCUT2D eigenvalue weighted by Crippen LogP contribution is 2.05. The van der Waals surface area contributed by atoms with Gasteiger partial charge in [-0.25, -0.2) is 9.59 Å². The first kappa shape index (κ1) is 11.5. The zero-order valence-corrected chi connectivity index (χ0v) is 7.65. The summed E-state index contributed by atoms with van der Waals surface area (Å²) in [5, 5.41) is 0. The largest absolute Gasteiger partial charge is 0.447 e. The molecule has 0 heterocycles. The average Bonchev–Trinajstić information content (AvgIpc) is 1.80. The lowest BCUT2D eigenvalue weighted by atomic mass is 10.2. The number of carbonyl (C=O) groups is 2. The Morgan fingerprint density at radius 3 is 1.62 bits per heavy atom.